The molecular formula is C21H32N2O4Si. The zero-order chi connectivity index (χ0) is 21.1. The van der Waals surface area contributed by atoms with E-state index in [1.807, 2.05) is 42.6 Å². The van der Waals surface area contributed by atoms with Crippen LogP contribution in [-0.4, -0.2) is 45.9 Å². The Bertz CT molecular complexity index is 913. The molecule has 2 rings (SSSR count). The van der Waals surface area contributed by atoms with E-state index in [0.717, 1.165) is 22.8 Å². The molecule has 28 heavy (non-hydrogen) atoms. The lowest BCUT2D eigenvalue weighted by Crippen LogP contribution is -2.24. The first-order valence-corrected chi connectivity index (χ1v) is 13.4. The first kappa shape index (κ1) is 22.2. The SMILES string of the molecule is CCOC(=O)c1cn(COCC[Si](C)(C)C)c2cc(N(C)C)c(C)cc2c1=O. The second kappa shape index (κ2) is 8.92. The van der Waals surface area contributed by atoms with Gasteiger partial charge in [-0.25, -0.2) is 4.79 Å². The number of ether oxygens (including phenoxy) is 2. The standard InChI is InChI=1S/C21H32N2O4Si/c1-8-27-21(25)17-13-23(14-26-9-10-28(5,6)7)19-12-18(22(3)4)15(2)11-16(19)20(17)24/h11-13H,8-10,14H2,1-7H3. The number of aromatic nitrogens is 1. The van der Waals surface area contributed by atoms with Gasteiger partial charge in [-0.05, 0) is 37.6 Å². The Morgan fingerprint density at radius 1 is 1.21 bits per heavy atom. The van der Waals surface area contributed by atoms with Crippen LogP contribution in [-0.2, 0) is 16.2 Å². The van der Waals surface area contributed by atoms with Crippen LogP contribution in [0, 0.1) is 6.92 Å². The Morgan fingerprint density at radius 3 is 2.46 bits per heavy atom. The van der Waals surface area contributed by atoms with Crippen molar-refractivity contribution in [2.75, 3.05) is 32.2 Å². The van der Waals surface area contributed by atoms with Gasteiger partial charge in [-0.1, -0.05) is 19.6 Å². The molecule has 0 unspecified atom stereocenters. The van der Waals surface area contributed by atoms with Gasteiger partial charge in [0.25, 0.3) is 0 Å². The molecule has 6 nitrogen and oxygen atoms in total. The largest absolute Gasteiger partial charge is 0.462 e. The Kier molecular flexibility index (Phi) is 7.06. The van der Waals surface area contributed by atoms with E-state index in [9.17, 15) is 9.59 Å². The third-order valence-electron chi connectivity index (χ3n) is 4.60. The molecule has 1 aromatic heterocycles. The number of hydrogen-bond acceptors (Lipinski definition) is 5. The first-order chi connectivity index (χ1) is 13.0. The number of rotatable bonds is 8. The quantitative estimate of drug-likeness (QED) is 0.380. The molecule has 0 saturated heterocycles. The Balaban J connectivity index is 2.53. The van der Waals surface area contributed by atoms with Crippen LogP contribution in [0.3, 0.4) is 0 Å². The second-order valence-electron chi connectivity index (χ2n) is 8.46. The summed E-state index contributed by atoms with van der Waals surface area (Å²) >= 11 is 0. The highest BCUT2D eigenvalue weighted by Crippen LogP contribution is 2.24. The summed E-state index contributed by atoms with van der Waals surface area (Å²) in [5.74, 6) is -0.598. The second-order valence-corrected chi connectivity index (χ2v) is 14.1. The number of nitrogens with zero attached hydrogens (tertiary/aromatic N) is 2. The molecule has 0 aliphatic heterocycles. The van der Waals surface area contributed by atoms with Crippen molar-refractivity contribution in [1.82, 2.24) is 4.57 Å². The van der Waals surface area contributed by atoms with Crippen LogP contribution in [0.2, 0.25) is 25.7 Å². The summed E-state index contributed by atoms with van der Waals surface area (Å²) in [4.78, 5) is 27.2. The zero-order valence-corrected chi connectivity index (χ0v) is 19.1. The summed E-state index contributed by atoms with van der Waals surface area (Å²) in [6.45, 7) is 11.8. The minimum absolute atomic E-state index is 0.0418. The Hall–Kier alpha value is -2.12. The van der Waals surface area contributed by atoms with Crippen LogP contribution < -0.4 is 10.3 Å². The zero-order valence-electron chi connectivity index (χ0n) is 18.1. The highest BCUT2D eigenvalue weighted by Gasteiger charge is 2.18. The van der Waals surface area contributed by atoms with Crippen molar-refractivity contribution in [2.24, 2.45) is 0 Å². The molecule has 0 saturated carbocycles. The molecule has 0 bridgehead atoms. The predicted molar refractivity (Wildman–Crippen MR) is 117 cm³/mol. The topological polar surface area (TPSA) is 60.8 Å². The van der Waals surface area contributed by atoms with Crippen LogP contribution in [0.4, 0.5) is 5.69 Å². The van der Waals surface area contributed by atoms with Crippen molar-refractivity contribution >= 4 is 30.6 Å². The maximum Gasteiger partial charge on any atom is 0.343 e. The van der Waals surface area contributed by atoms with Gasteiger partial charge in [-0.3, -0.25) is 4.79 Å². The van der Waals surface area contributed by atoms with Crippen molar-refractivity contribution in [3.63, 3.8) is 0 Å². The van der Waals surface area contributed by atoms with Gasteiger partial charge in [-0.2, -0.15) is 0 Å². The number of anilines is 1. The molecule has 0 radical (unpaired) electrons. The Labute approximate surface area is 168 Å². The van der Waals surface area contributed by atoms with Crippen LogP contribution >= 0.6 is 0 Å². The van der Waals surface area contributed by atoms with Crippen LogP contribution in [0.5, 0.6) is 0 Å². The van der Waals surface area contributed by atoms with E-state index in [0.29, 0.717) is 12.0 Å². The van der Waals surface area contributed by atoms with Gasteiger partial charge in [0, 0.05) is 46.0 Å². The summed E-state index contributed by atoms with van der Waals surface area (Å²) in [5, 5.41) is 0.502. The molecule has 2 aromatic rings. The number of carbonyl (C=O) groups is 1. The monoisotopic (exact) mass is 404 g/mol. The van der Waals surface area contributed by atoms with Crippen LogP contribution in [0.25, 0.3) is 10.9 Å². The highest BCUT2D eigenvalue weighted by atomic mass is 28.3. The normalized spacial score (nSPS) is 11.7. The van der Waals surface area contributed by atoms with Gasteiger partial charge in [0.05, 0.1) is 12.1 Å². The van der Waals surface area contributed by atoms with Gasteiger partial charge < -0.3 is 18.9 Å². The van der Waals surface area contributed by atoms with Crippen molar-refractivity contribution in [3.8, 4) is 0 Å². The average Bonchev–Trinajstić information content (AvgIpc) is 2.59. The number of aryl methyl sites for hydroxylation is 1. The molecular weight excluding hydrogens is 372 g/mol. The van der Waals surface area contributed by atoms with Crippen molar-refractivity contribution in [3.05, 3.63) is 39.7 Å². The summed E-state index contributed by atoms with van der Waals surface area (Å²) in [7, 11) is 2.74. The molecule has 154 valence electrons. The van der Waals surface area contributed by atoms with Gasteiger partial charge in [0.2, 0.25) is 5.43 Å². The number of esters is 1. The number of benzene rings is 1. The van der Waals surface area contributed by atoms with E-state index in [1.54, 1.807) is 13.1 Å². The third-order valence-corrected chi connectivity index (χ3v) is 6.31. The van der Waals surface area contributed by atoms with Gasteiger partial charge in [0.1, 0.15) is 12.3 Å². The molecule has 0 N–H and O–H groups in total. The molecule has 0 amide bonds. The molecule has 1 heterocycles. The van der Waals surface area contributed by atoms with Crippen molar-refractivity contribution < 1.29 is 14.3 Å². The summed E-state index contributed by atoms with van der Waals surface area (Å²) < 4.78 is 12.8. The van der Waals surface area contributed by atoms with E-state index in [1.165, 1.54) is 0 Å². The summed E-state index contributed by atoms with van der Waals surface area (Å²) in [6.07, 6.45) is 1.56. The number of pyridine rings is 1. The lowest BCUT2D eigenvalue weighted by molar-refractivity contribution is 0.0521. The lowest BCUT2D eigenvalue weighted by atomic mass is 10.1. The van der Waals surface area contributed by atoms with E-state index in [4.69, 9.17) is 9.47 Å². The van der Waals surface area contributed by atoms with E-state index < -0.39 is 14.0 Å². The maximum atomic E-state index is 12.9. The van der Waals surface area contributed by atoms with Crippen LogP contribution in [0.15, 0.2) is 23.1 Å². The predicted octanol–water partition coefficient (Wildman–Crippen LogP) is 3.86. The molecule has 0 aliphatic carbocycles. The molecule has 0 fully saturated rings. The van der Waals surface area contributed by atoms with Crippen LogP contribution in [0.1, 0.15) is 22.8 Å². The molecule has 0 aliphatic rings. The first-order valence-electron chi connectivity index (χ1n) is 9.65. The van der Waals surface area contributed by atoms with E-state index in [2.05, 4.69) is 19.6 Å². The van der Waals surface area contributed by atoms with E-state index >= 15 is 0 Å². The molecule has 7 heteroatoms. The highest BCUT2D eigenvalue weighted by molar-refractivity contribution is 6.76. The maximum absolute atomic E-state index is 12.9. The fourth-order valence-corrected chi connectivity index (χ4v) is 3.77. The Morgan fingerprint density at radius 2 is 1.89 bits per heavy atom. The third kappa shape index (κ3) is 5.23. The summed E-state index contributed by atoms with van der Waals surface area (Å²) in [5.41, 5.74) is 2.48. The molecule has 0 atom stereocenters. The van der Waals surface area contributed by atoms with E-state index in [-0.39, 0.29) is 24.3 Å². The number of hydrogen-bond donors (Lipinski definition) is 0. The van der Waals surface area contributed by atoms with Gasteiger partial charge in [0.15, 0.2) is 0 Å². The van der Waals surface area contributed by atoms with Crippen molar-refractivity contribution in [2.45, 2.75) is 46.3 Å². The van der Waals surface area contributed by atoms with Gasteiger partial charge >= 0.3 is 5.97 Å². The fourth-order valence-electron chi connectivity index (χ4n) is 3.02. The lowest BCUT2D eigenvalue weighted by Gasteiger charge is -2.20. The average molecular weight is 405 g/mol. The van der Waals surface area contributed by atoms with Gasteiger partial charge in [-0.15, -0.1) is 0 Å². The smallest absolute Gasteiger partial charge is 0.343 e. The minimum Gasteiger partial charge on any atom is -0.462 e. The summed E-state index contributed by atoms with van der Waals surface area (Å²) in [6, 6.07) is 4.87. The number of fused-ring (bicyclic) bond motifs is 1. The molecule has 1 aromatic carbocycles. The number of carbonyl (C=O) groups excluding carboxylic acids is 1. The fraction of sp³-hybridized carbons (Fsp3) is 0.524. The minimum atomic E-state index is -1.19. The molecule has 0 spiro atoms. The van der Waals surface area contributed by atoms with Crippen molar-refractivity contribution in [1.29, 1.82) is 0 Å².